The summed E-state index contributed by atoms with van der Waals surface area (Å²) < 4.78 is 26.8. The molecule has 2 amide bonds. The van der Waals surface area contributed by atoms with Crippen LogP contribution in [-0.4, -0.2) is 50.5 Å². The fourth-order valence-corrected chi connectivity index (χ4v) is 5.25. The van der Waals surface area contributed by atoms with E-state index in [9.17, 15) is 18.0 Å². The molecule has 208 valence electrons. The molecular formula is C30H36ClN3O4S. The molecule has 7 nitrogen and oxygen atoms in total. The molecule has 0 heterocycles. The van der Waals surface area contributed by atoms with Crippen molar-refractivity contribution in [3.8, 4) is 0 Å². The van der Waals surface area contributed by atoms with Crippen LogP contribution in [0, 0.1) is 0 Å². The molecule has 0 radical (unpaired) electrons. The van der Waals surface area contributed by atoms with Crippen LogP contribution in [0.1, 0.15) is 43.4 Å². The van der Waals surface area contributed by atoms with Gasteiger partial charge in [0.25, 0.3) is 0 Å². The molecule has 1 atom stereocenters. The number of nitrogens with one attached hydrogen (secondary N) is 1. The first-order chi connectivity index (χ1) is 18.5. The maximum Gasteiger partial charge on any atom is 0.244 e. The van der Waals surface area contributed by atoms with Crippen molar-refractivity contribution in [2.75, 3.05) is 23.7 Å². The van der Waals surface area contributed by atoms with Gasteiger partial charge in [0.2, 0.25) is 21.8 Å². The zero-order valence-corrected chi connectivity index (χ0v) is 24.4. The van der Waals surface area contributed by atoms with E-state index in [1.807, 2.05) is 49.4 Å². The van der Waals surface area contributed by atoms with Crippen LogP contribution >= 0.6 is 11.6 Å². The summed E-state index contributed by atoms with van der Waals surface area (Å²) in [5.41, 5.74) is 3.09. The zero-order chi connectivity index (χ0) is 28.6. The van der Waals surface area contributed by atoms with Crippen LogP contribution in [0.5, 0.6) is 0 Å². The largest absolute Gasteiger partial charge is 0.355 e. The molecule has 3 rings (SSSR count). The third-order valence-electron chi connectivity index (χ3n) is 6.42. The number of amides is 2. The number of anilines is 1. The molecule has 3 aromatic rings. The Morgan fingerprint density at radius 2 is 1.51 bits per heavy atom. The van der Waals surface area contributed by atoms with Crippen molar-refractivity contribution >= 4 is 39.1 Å². The standard InChI is InChI=1S/C30H36ClN3O4S/c1-5-32-30(36)28(19-23-9-7-6-8-10-23)33(20-24-11-15-26(31)16-12-24)29(35)21-34(39(4,37)38)27-17-13-25(14-18-27)22(2)3/h6-18,22,28H,5,19-21H2,1-4H3,(H,32,36). The normalized spacial score (nSPS) is 12.2. The van der Waals surface area contributed by atoms with Gasteiger partial charge in [0.1, 0.15) is 12.6 Å². The van der Waals surface area contributed by atoms with E-state index in [4.69, 9.17) is 11.6 Å². The molecule has 0 aromatic heterocycles. The smallest absolute Gasteiger partial charge is 0.244 e. The Kier molecular flexibility index (Phi) is 10.5. The van der Waals surface area contributed by atoms with Crippen molar-refractivity contribution in [1.29, 1.82) is 0 Å². The summed E-state index contributed by atoms with van der Waals surface area (Å²) in [6.07, 6.45) is 1.35. The average molecular weight is 570 g/mol. The number of nitrogens with zero attached hydrogens (tertiary/aromatic N) is 2. The number of hydrogen-bond donors (Lipinski definition) is 1. The molecule has 39 heavy (non-hydrogen) atoms. The number of sulfonamides is 1. The van der Waals surface area contributed by atoms with Crippen molar-refractivity contribution in [3.05, 3.63) is 101 Å². The van der Waals surface area contributed by atoms with Crippen LogP contribution < -0.4 is 9.62 Å². The second kappa shape index (κ2) is 13.6. The minimum atomic E-state index is -3.81. The Hall–Kier alpha value is -3.36. The van der Waals surface area contributed by atoms with E-state index >= 15 is 0 Å². The molecule has 0 bridgehead atoms. The lowest BCUT2D eigenvalue weighted by Gasteiger charge is -2.33. The van der Waals surface area contributed by atoms with Gasteiger partial charge in [-0.25, -0.2) is 8.42 Å². The Bertz CT molecular complexity index is 1350. The number of carbonyl (C=O) groups excluding carboxylic acids is 2. The van der Waals surface area contributed by atoms with E-state index in [0.717, 1.165) is 27.3 Å². The molecule has 0 aliphatic rings. The zero-order valence-electron chi connectivity index (χ0n) is 22.8. The quantitative estimate of drug-likeness (QED) is 0.332. The summed E-state index contributed by atoms with van der Waals surface area (Å²) in [4.78, 5) is 28.8. The van der Waals surface area contributed by atoms with Gasteiger partial charge in [-0.15, -0.1) is 0 Å². The van der Waals surface area contributed by atoms with E-state index < -0.39 is 28.5 Å². The summed E-state index contributed by atoms with van der Waals surface area (Å²) in [5, 5.41) is 3.39. The first-order valence-corrected chi connectivity index (χ1v) is 15.2. The minimum Gasteiger partial charge on any atom is -0.355 e. The highest BCUT2D eigenvalue weighted by molar-refractivity contribution is 7.92. The van der Waals surface area contributed by atoms with Gasteiger partial charge < -0.3 is 10.2 Å². The van der Waals surface area contributed by atoms with Gasteiger partial charge in [-0.05, 0) is 53.8 Å². The summed E-state index contributed by atoms with van der Waals surface area (Å²) in [7, 11) is -3.81. The predicted octanol–water partition coefficient (Wildman–Crippen LogP) is 5.01. The lowest BCUT2D eigenvalue weighted by molar-refractivity contribution is -0.140. The average Bonchev–Trinajstić information content (AvgIpc) is 2.90. The molecule has 1 unspecified atom stereocenters. The first-order valence-electron chi connectivity index (χ1n) is 12.9. The molecule has 0 saturated carbocycles. The number of halogens is 1. The van der Waals surface area contributed by atoms with Gasteiger partial charge in [0.15, 0.2) is 0 Å². The second-order valence-electron chi connectivity index (χ2n) is 9.76. The van der Waals surface area contributed by atoms with Gasteiger partial charge in [0.05, 0.1) is 11.9 Å². The highest BCUT2D eigenvalue weighted by atomic mass is 35.5. The summed E-state index contributed by atoms with van der Waals surface area (Å²) in [6, 6.07) is 22.7. The number of rotatable bonds is 12. The fourth-order valence-electron chi connectivity index (χ4n) is 4.27. The highest BCUT2D eigenvalue weighted by Gasteiger charge is 2.32. The van der Waals surface area contributed by atoms with Gasteiger partial charge in [-0.3, -0.25) is 13.9 Å². The van der Waals surface area contributed by atoms with Gasteiger partial charge in [-0.1, -0.05) is 80.0 Å². The van der Waals surface area contributed by atoms with E-state index in [0.29, 0.717) is 17.3 Å². The molecule has 0 fully saturated rings. The number of hydrogen-bond acceptors (Lipinski definition) is 4. The molecule has 0 aliphatic carbocycles. The van der Waals surface area contributed by atoms with E-state index in [2.05, 4.69) is 19.2 Å². The van der Waals surface area contributed by atoms with Crippen molar-refractivity contribution in [2.24, 2.45) is 0 Å². The maximum absolute atomic E-state index is 14.0. The van der Waals surface area contributed by atoms with Crippen molar-refractivity contribution in [2.45, 2.75) is 45.7 Å². The van der Waals surface area contributed by atoms with Crippen LogP contribution in [0.4, 0.5) is 5.69 Å². The monoisotopic (exact) mass is 569 g/mol. The van der Waals surface area contributed by atoms with Gasteiger partial charge in [-0.2, -0.15) is 0 Å². The Morgan fingerprint density at radius 1 is 0.897 bits per heavy atom. The molecule has 0 spiro atoms. The van der Waals surface area contributed by atoms with Gasteiger partial charge >= 0.3 is 0 Å². The molecule has 0 aliphatic heterocycles. The molecule has 0 saturated heterocycles. The SMILES string of the molecule is CCNC(=O)C(Cc1ccccc1)N(Cc1ccc(Cl)cc1)C(=O)CN(c1ccc(C(C)C)cc1)S(C)(=O)=O. The summed E-state index contributed by atoms with van der Waals surface area (Å²) in [5.74, 6) is -0.524. The third kappa shape index (κ3) is 8.57. The minimum absolute atomic E-state index is 0.106. The topological polar surface area (TPSA) is 86.8 Å². The lowest BCUT2D eigenvalue weighted by atomic mass is 10.0. The predicted molar refractivity (Wildman–Crippen MR) is 157 cm³/mol. The fraction of sp³-hybridized carbons (Fsp3) is 0.333. The number of benzene rings is 3. The van der Waals surface area contributed by atoms with Crippen LogP contribution in [0.15, 0.2) is 78.9 Å². The molecular weight excluding hydrogens is 534 g/mol. The van der Waals surface area contributed by atoms with Gasteiger partial charge in [0, 0.05) is 24.5 Å². The molecule has 1 N–H and O–H groups in total. The Labute approximate surface area is 236 Å². The van der Waals surface area contributed by atoms with Crippen LogP contribution in [0.2, 0.25) is 5.02 Å². The van der Waals surface area contributed by atoms with Crippen molar-refractivity contribution in [1.82, 2.24) is 10.2 Å². The van der Waals surface area contributed by atoms with Crippen LogP contribution in [-0.2, 0) is 32.6 Å². The summed E-state index contributed by atoms with van der Waals surface area (Å²) >= 11 is 6.07. The molecule has 9 heteroatoms. The van der Waals surface area contributed by atoms with E-state index in [1.165, 1.54) is 4.90 Å². The number of likely N-dealkylation sites (N-methyl/N-ethyl adjacent to an activating group) is 1. The van der Waals surface area contributed by atoms with Crippen molar-refractivity contribution < 1.29 is 18.0 Å². The van der Waals surface area contributed by atoms with E-state index in [1.54, 1.807) is 36.4 Å². The Morgan fingerprint density at radius 3 is 2.05 bits per heavy atom. The van der Waals surface area contributed by atoms with Crippen molar-refractivity contribution in [3.63, 3.8) is 0 Å². The summed E-state index contributed by atoms with van der Waals surface area (Å²) in [6.45, 7) is 5.97. The third-order valence-corrected chi connectivity index (χ3v) is 7.81. The Balaban J connectivity index is 2.02. The van der Waals surface area contributed by atoms with E-state index in [-0.39, 0.29) is 24.8 Å². The first kappa shape index (κ1) is 30.2. The molecule has 3 aromatic carbocycles. The lowest BCUT2D eigenvalue weighted by Crippen LogP contribution is -2.53. The maximum atomic E-state index is 14.0. The number of carbonyl (C=O) groups is 2. The highest BCUT2D eigenvalue weighted by Crippen LogP contribution is 2.23. The van der Waals surface area contributed by atoms with Crippen LogP contribution in [0.25, 0.3) is 0 Å². The van der Waals surface area contributed by atoms with Crippen LogP contribution in [0.3, 0.4) is 0 Å². The second-order valence-corrected chi connectivity index (χ2v) is 12.1.